The summed E-state index contributed by atoms with van der Waals surface area (Å²) in [5.41, 5.74) is 0.931. The third-order valence-corrected chi connectivity index (χ3v) is 2.12. The van der Waals surface area contributed by atoms with E-state index in [-0.39, 0.29) is 0 Å². The molecule has 0 bridgehead atoms. The van der Waals surface area contributed by atoms with Gasteiger partial charge in [-0.05, 0) is 41.6 Å². The van der Waals surface area contributed by atoms with Crippen LogP contribution in [0.1, 0.15) is 6.92 Å². The van der Waals surface area contributed by atoms with Crippen molar-refractivity contribution < 1.29 is 0 Å². The minimum Gasteiger partial charge on any atom is -0.240 e. The van der Waals surface area contributed by atoms with E-state index in [2.05, 4.69) is 27.6 Å². The van der Waals surface area contributed by atoms with Gasteiger partial charge in [0.25, 0.3) is 0 Å². The highest BCUT2D eigenvalue weighted by Gasteiger charge is 1.94. The maximum absolute atomic E-state index is 5.63. The van der Waals surface area contributed by atoms with Crippen molar-refractivity contribution in [2.24, 2.45) is 4.99 Å². The lowest BCUT2D eigenvalue weighted by atomic mass is 10.3. The van der Waals surface area contributed by atoms with Crippen LogP contribution in [0.15, 0.2) is 29.3 Å². The highest BCUT2D eigenvalue weighted by atomic mass is 127. The van der Waals surface area contributed by atoms with Crippen molar-refractivity contribution in [1.29, 1.82) is 0 Å². The summed E-state index contributed by atoms with van der Waals surface area (Å²) < 4.78 is 1.12. The van der Waals surface area contributed by atoms with E-state index in [0.29, 0.717) is 5.17 Å². The first kappa shape index (κ1) is 9.00. The van der Waals surface area contributed by atoms with E-state index in [0.717, 1.165) is 9.26 Å². The molecule has 0 N–H and O–H groups in total. The summed E-state index contributed by atoms with van der Waals surface area (Å²) in [6, 6.07) is 7.86. The first-order chi connectivity index (χ1) is 5.20. The molecule has 1 aromatic rings. The van der Waals surface area contributed by atoms with Gasteiger partial charge >= 0.3 is 0 Å². The molecule has 0 aliphatic rings. The largest absolute Gasteiger partial charge is 0.240 e. The molecule has 0 spiro atoms. The van der Waals surface area contributed by atoms with Gasteiger partial charge in [-0.3, -0.25) is 0 Å². The third kappa shape index (κ3) is 2.79. The zero-order valence-electron chi connectivity index (χ0n) is 6.01. The number of para-hydroxylation sites is 1. The average Bonchev–Trinajstić information content (AvgIpc) is 1.93. The normalized spacial score (nSPS) is 11.7. The zero-order valence-corrected chi connectivity index (χ0v) is 8.93. The van der Waals surface area contributed by atoms with E-state index >= 15 is 0 Å². The Kier molecular flexibility index (Phi) is 3.33. The topological polar surface area (TPSA) is 12.4 Å². The molecule has 0 amide bonds. The Bertz CT molecular complexity index is 279. The maximum atomic E-state index is 5.63. The molecule has 0 unspecified atom stereocenters. The molecule has 0 aromatic heterocycles. The van der Waals surface area contributed by atoms with E-state index in [1.165, 1.54) is 0 Å². The van der Waals surface area contributed by atoms with Gasteiger partial charge < -0.3 is 0 Å². The third-order valence-electron chi connectivity index (χ3n) is 1.13. The number of hydrogen-bond donors (Lipinski definition) is 0. The molecular weight excluding hydrogens is 272 g/mol. The Balaban J connectivity index is 3.04. The Morgan fingerprint density at radius 2 is 2.09 bits per heavy atom. The lowest BCUT2D eigenvalue weighted by molar-refractivity contribution is 1.49. The molecule has 0 heterocycles. The monoisotopic (exact) mass is 279 g/mol. The number of aliphatic imine (C=N–C) groups is 1. The van der Waals surface area contributed by atoms with Gasteiger partial charge in [0, 0.05) is 3.57 Å². The van der Waals surface area contributed by atoms with Gasteiger partial charge in [-0.15, -0.1) is 0 Å². The lowest BCUT2D eigenvalue weighted by Crippen LogP contribution is -1.76. The van der Waals surface area contributed by atoms with E-state index in [4.69, 9.17) is 11.6 Å². The smallest absolute Gasteiger partial charge is 0.103 e. The predicted octanol–water partition coefficient (Wildman–Crippen LogP) is 3.58. The van der Waals surface area contributed by atoms with Crippen LogP contribution >= 0.6 is 34.2 Å². The number of hydrogen-bond acceptors (Lipinski definition) is 1. The van der Waals surface area contributed by atoms with Crippen LogP contribution in [0.5, 0.6) is 0 Å². The van der Waals surface area contributed by atoms with Gasteiger partial charge in [-0.2, -0.15) is 0 Å². The van der Waals surface area contributed by atoms with Crippen molar-refractivity contribution in [1.82, 2.24) is 0 Å². The van der Waals surface area contributed by atoms with E-state index in [1.54, 1.807) is 6.92 Å². The van der Waals surface area contributed by atoms with Gasteiger partial charge in [-0.25, -0.2) is 4.99 Å². The number of halogens is 2. The molecule has 11 heavy (non-hydrogen) atoms. The maximum Gasteiger partial charge on any atom is 0.103 e. The van der Waals surface area contributed by atoms with Crippen LogP contribution in [0.4, 0.5) is 5.69 Å². The fraction of sp³-hybridized carbons (Fsp3) is 0.125. The Labute approximate surface area is 84.6 Å². The lowest BCUT2D eigenvalue weighted by Gasteiger charge is -1.95. The number of nitrogens with zero attached hydrogens (tertiary/aromatic N) is 1. The van der Waals surface area contributed by atoms with E-state index < -0.39 is 0 Å². The Morgan fingerprint density at radius 1 is 1.45 bits per heavy atom. The quantitative estimate of drug-likeness (QED) is 0.550. The molecule has 1 aromatic carbocycles. The summed E-state index contributed by atoms with van der Waals surface area (Å²) in [4.78, 5) is 4.13. The molecule has 0 fully saturated rings. The summed E-state index contributed by atoms with van der Waals surface area (Å²) in [5, 5.41) is 0.564. The molecule has 0 aliphatic carbocycles. The highest BCUT2D eigenvalue weighted by Crippen LogP contribution is 2.20. The van der Waals surface area contributed by atoms with Crippen molar-refractivity contribution in [2.45, 2.75) is 6.92 Å². The second-order valence-electron chi connectivity index (χ2n) is 2.06. The standard InChI is InChI=1S/C8H7ClIN/c1-6(9)11-8-5-3-2-4-7(8)10/h2-5H,1H3. The number of benzene rings is 1. The average molecular weight is 280 g/mol. The second kappa shape index (κ2) is 4.07. The van der Waals surface area contributed by atoms with Crippen LogP contribution in [0.3, 0.4) is 0 Å². The van der Waals surface area contributed by atoms with Gasteiger partial charge in [0.2, 0.25) is 0 Å². The van der Waals surface area contributed by atoms with Gasteiger partial charge in [0.15, 0.2) is 0 Å². The molecular formula is C8H7ClIN. The van der Waals surface area contributed by atoms with Crippen LogP contribution in [0, 0.1) is 3.57 Å². The summed E-state index contributed by atoms with van der Waals surface area (Å²) in [6.07, 6.45) is 0. The van der Waals surface area contributed by atoms with Crippen LogP contribution in [-0.2, 0) is 0 Å². The van der Waals surface area contributed by atoms with Crippen molar-refractivity contribution in [2.75, 3.05) is 0 Å². The summed E-state index contributed by atoms with van der Waals surface area (Å²) >= 11 is 7.86. The van der Waals surface area contributed by atoms with Gasteiger partial charge in [-0.1, -0.05) is 23.7 Å². The summed E-state index contributed by atoms with van der Waals surface area (Å²) in [7, 11) is 0. The van der Waals surface area contributed by atoms with Crippen molar-refractivity contribution in [3.05, 3.63) is 27.8 Å². The van der Waals surface area contributed by atoms with Crippen molar-refractivity contribution in [3.63, 3.8) is 0 Å². The fourth-order valence-electron chi connectivity index (χ4n) is 0.708. The van der Waals surface area contributed by atoms with E-state index in [9.17, 15) is 0 Å². The Morgan fingerprint density at radius 3 is 2.64 bits per heavy atom. The summed E-state index contributed by atoms with van der Waals surface area (Å²) in [5.74, 6) is 0. The summed E-state index contributed by atoms with van der Waals surface area (Å²) in [6.45, 7) is 1.77. The first-order valence-corrected chi connectivity index (χ1v) is 4.61. The molecule has 0 saturated heterocycles. The van der Waals surface area contributed by atoms with Crippen LogP contribution in [0.25, 0.3) is 0 Å². The Hall–Kier alpha value is -0.0900. The highest BCUT2D eigenvalue weighted by molar-refractivity contribution is 14.1. The minimum atomic E-state index is 0.564. The SMILES string of the molecule is CC(Cl)=Nc1ccccc1I. The second-order valence-corrected chi connectivity index (χ2v) is 3.77. The van der Waals surface area contributed by atoms with E-state index in [1.807, 2.05) is 24.3 Å². The molecule has 0 radical (unpaired) electrons. The predicted molar refractivity (Wildman–Crippen MR) is 57.8 cm³/mol. The molecule has 0 saturated carbocycles. The molecule has 3 heteroatoms. The zero-order chi connectivity index (χ0) is 8.27. The molecule has 0 aliphatic heterocycles. The molecule has 58 valence electrons. The molecule has 0 atom stereocenters. The van der Waals surface area contributed by atoms with Crippen molar-refractivity contribution >= 4 is 45.1 Å². The molecule has 1 rings (SSSR count). The van der Waals surface area contributed by atoms with Crippen molar-refractivity contribution in [3.8, 4) is 0 Å². The minimum absolute atomic E-state index is 0.564. The van der Waals surface area contributed by atoms with Gasteiger partial charge in [0.05, 0.1) is 5.69 Å². The number of rotatable bonds is 1. The van der Waals surface area contributed by atoms with Crippen LogP contribution in [-0.4, -0.2) is 5.17 Å². The first-order valence-electron chi connectivity index (χ1n) is 3.15. The fourth-order valence-corrected chi connectivity index (χ4v) is 1.31. The molecule has 1 nitrogen and oxygen atoms in total. The van der Waals surface area contributed by atoms with Crippen LogP contribution in [0.2, 0.25) is 0 Å². The van der Waals surface area contributed by atoms with Gasteiger partial charge in [0.1, 0.15) is 5.17 Å². The van der Waals surface area contributed by atoms with Crippen LogP contribution < -0.4 is 0 Å².